The maximum absolute atomic E-state index is 5.49. The molecule has 0 aliphatic carbocycles. The molecule has 3 N–H and O–H groups in total. The van der Waals surface area contributed by atoms with Crippen molar-refractivity contribution in [3.63, 3.8) is 0 Å². The number of benzene rings is 1. The number of nitrogens with zero attached hydrogens (tertiary/aromatic N) is 2. The lowest BCUT2D eigenvalue weighted by Crippen LogP contribution is -2.52. The first-order valence-corrected chi connectivity index (χ1v) is 10.0. The van der Waals surface area contributed by atoms with Gasteiger partial charge in [0, 0.05) is 56.4 Å². The number of rotatable bonds is 7. The van der Waals surface area contributed by atoms with Crippen molar-refractivity contribution in [2.24, 2.45) is 10.9 Å². The van der Waals surface area contributed by atoms with Crippen molar-refractivity contribution in [1.29, 1.82) is 0 Å². The van der Waals surface area contributed by atoms with Crippen molar-refractivity contribution >= 4 is 40.8 Å². The van der Waals surface area contributed by atoms with Gasteiger partial charge in [0.1, 0.15) is 0 Å². The van der Waals surface area contributed by atoms with E-state index in [0.29, 0.717) is 12.0 Å². The van der Waals surface area contributed by atoms with Gasteiger partial charge in [0.2, 0.25) is 0 Å². The molecule has 2 aromatic rings. The van der Waals surface area contributed by atoms with Gasteiger partial charge in [-0.25, -0.2) is 0 Å². The molecule has 1 aromatic heterocycles. The summed E-state index contributed by atoms with van der Waals surface area (Å²) in [6.45, 7) is 10.0. The molecule has 6 nitrogen and oxygen atoms in total. The molecule has 2 heterocycles. The molecule has 156 valence electrons. The van der Waals surface area contributed by atoms with Crippen LogP contribution < -0.4 is 10.6 Å². The van der Waals surface area contributed by atoms with Gasteiger partial charge in [-0.15, -0.1) is 24.0 Å². The number of aliphatic imine (C=N–C) groups is 1. The van der Waals surface area contributed by atoms with E-state index in [1.807, 2.05) is 7.05 Å². The second-order valence-electron chi connectivity index (χ2n) is 7.45. The molecule has 7 heteroatoms. The third-order valence-electron chi connectivity index (χ3n) is 5.35. The summed E-state index contributed by atoms with van der Waals surface area (Å²) in [6.07, 6.45) is 3.07. The average Bonchev–Trinajstić information content (AvgIpc) is 3.10. The minimum Gasteiger partial charge on any atom is -0.379 e. The average molecular weight is 499 g/mol. The SMILES string of the molecule is CN=C(NCCc1c[nH]c2ccccc12)NCC(C(C)C)N1CCOCC1.I. The Kier molecular flexibility index (Phi) is 9.53. The molecule has 1 saturated heterocycles. The standard InChI is InChI=1S/C21H33N5O.HI/c1-16(2)20(26-10-12-27-13-11-26)15-25-21(22-3)23-9-8-17-14-24-19-7-5-4-6-18(17)19;/h4-7,14,16,20,24H,8-13,15H2,1-3H3,(H2,22,23,25);1H. The van der Waals surface area contributed by atoms with E-state index in [-0.39, 0.29) is 24.0 Å². The van der Waals surface area contributed by atoms with E-state index in [2.05, 4.69) is 69.8 Å². The summed E-state index contributed by atoms with van der Waals surface area (Å²) in [4.78, 5) is 10.3. The number of ether oxygens (including phenoxy) is 1. The Morgan fingerprint density at radius 2 is 1.96 bits per heavy atom. The summed E-state index contributed by atoms with van der Waals surface area (Å²) in [6, 6.07) is 8.92. The maximum atomic E-state index is 5.49. The molecular formula is C21H34IN5O. The molecular weight excluding hydrogens is 465 g/mol. The van der Waals surface area contributed by atoms with Gasteiger partial charge < -0.3 is 20.4 Å². The van der Waals surface area contributed by atoms with E-state index in [1.54, 1.807) is 0 Å². The number of nitrogens with one attached hydrogen (secondary N) is 3. The molecule has 0 spiro atoms. The largest absolute Gasteiger partial charge is 0.379 e. The highest BCUT2D eigenvalue weighted by molar-refractivity contribution is 14.0. The fraction of sp³-hybridized carbons (Fsp3) is 0.571. The minimum atomic E-state index is 0. The molecule has 1 unspecified atom stereocenters. The molecule has 0 amide bonds. The number of para-hydroxylation sites is 1. The Hall–Kier alpha value is -1.32. The Morgan fingerprint density at radius 1 is 1.21 bits per heavy atom. The van der Waals surface area contributed by atoms with Crippen molar-refractivity contribution < 1.29 is 4.74 Å². The first-order chi connectivity index (χ1) is 13.2. The zero-order valence-electron chi connectivity index (χ0n) is 17.2. The van der Waals surface area contributed by atoms with Crippen LogP contribution in [0.5, 0.6) is 0 Å². The van der Waals surface area contributed by atoms with Crippen LogP contribution in [0.2, 0.25) is 0 Å². The van der Waals surface area contributed by atoms with Crippen LogP contribution in [-0.2, 0) is 11.2 Å². The van der Waals surface area contributed by atoms with Gasteiger partial charge in [0.15, 0.2) is 5.96 Å². The van der Waals surface area contributed by atoms with Crippen molar-refractivity contribution in [2.75, 3.05) is 46.4 Å². The van der Waals surface area contributed by atoms with Crippen LogP contribution in [0, 0.1) is 5.92 Å². The van der Waals surface area contributed by atoms with E-state index in [4.69, 9.17) is 4.74 Å². The highest BCUT2D eigenvalue weighted by atomic mass is 127. The summed E-state index contributed by atoms with van der Waals surface area (Å²) in [5.41, 5.74) is 2.53. The van der Waals surface area contributed by atoms with Gasteiger partial charge in [0.25, 0.3) is 0 Å². The van der Waals surface area contributed by atoms with Crippen molar-refractivity contribution in [2.45, 2.75) is 26.3 Å². The van der Waals surface area contributed by atoms with E-state index in [9.17, 15) is 0 Å². The first kappa shape index (κ1) is 23.0. The second-order valence-corrected chi connectivity index (χ2v) is 7.45. The zero-order chi connectivity index (χ0) is 19.1. The number of aromatic amines is 1. The van der Waals surface area contributed by atoms with Crippen molar-refractivity contribution in [1.82, 2.24) is 20.5 Å². The summed E-state index contributed by atoms with van der Waals surface area (Å²) in [7, 11) is 1.83. The summed E-state index contributed by atoms with van der Waals surface area (Å²) in [5.74, 6) is 1.45. The first-order valence-electron chi connectivity index (χ1n) is 10.0. The van der Waals surface area contributed by atoms with E-state index in [1.165, 1.54) is 16.5 Å². The predicted octanol–water partition coefficient (Wildman–Crippen LogP) is 2.85. The maximum Gasteiger partial charge on any atom is 0.191 e. The highest BCUT2D eigenvalue weighted by Gasteiger charge is 2.23. The van der Waals surface area contributed by atoms with E-state index in [0.717, 1.165) is 51.8 Å². The topological polar surface area (TPSA) is 64.7 Å². The van der Waals surface area contributed by atoms with Crippen molar-refractivity contribution in [3.05, 3.63) is 36.0 Å². The number of hydrogen-bond acceptors (Lipinski definition) is 3. The number of hydrogen-bond donors (Lipinski definition) is 3. The third kappa shape index (κ3) is 6.09. The quantitative estimate of drug-likeness (QED) is 0.312. The number of halogens is 1. The van der Waals surface area contributed by atoms with Gasteiger partial charge in [0.05, 0.1) is 13.2 Å². The molecule has 0 bridgehead atoms. The predicted molar refractivity (Wildman–Crippen MR) is 128 cm³/mol. The lowest BCUT2D eigenvalue weighted by atomic mass is 10.0. The fourth-order valence-corrected chi connectivity index (χ4v) is 3.77. The second kappa shape index (κ2) is 11.6. The molecule has 0 saturated carbocycles. The van der Waals surface area contributed by atoms with E-state index >= 15 is 0 Å². The molecule has 0 radical (unpaired) electrons. The fourth-order valence-electron chi connectivity index (χ4n) is 3.77. The van der Waals surface area contributed by atoms with Crippen LogP contribution >= 0.6 is 24.0 Å². The van der Waals surface area contributed by atoms with Crippen LogP contribution in [0.1, 0.15) is 19.4 Å². The zero-order valence-corrected chi connectivity index (χ0v) is 19.5. The summed E-state index contributed by atoms with van der Waals surface area (Å²) in [5, 5.41) is 8.27. The monoisotopic (exact) mass is 499 g/mol. The molecule has 1 aromatic carbocycles. The van der Waals surface area contributed by atoms with Crippen molar-refractivity contribution in [3.8, 4) is 0 Å². The molecule has 1 aliphatic rings. The molecule has 1 fully saturated rings. The molecule has 3 rings (SSSR count). The smallest absolute Gasteiger partial charge is 0.191 e. The highest BCUT2D eigenvalue weighted by Crippen LogP contribution is 2.17. The van der Waals surface area contributed by atoms with Gasteiger partial charge in [-0.3, -0.25) is 9.89 Å². The molecule has 1 atom stereocenters. The minimum absolute atomic E-state index is 0. The van der Waals surface area contributed by atoms with Gasteiger partial charge >= 0.3 is 0 Å². The van der Waals surface area contributed by atoms with Crippen LogP contribution in [0.3, 0.4) is 0 Å². The number of guanidine groups is 1. The normalized spacial score (nSPS) is 16.8. The van der Waals surface area contributed by atoms with Gasteiger partial charge in [-0.1, -0.05) is 32.0 Å². The number of fused-ring (bicyclic) bond motifs is 1. The number of H-pyrrole nitrogens is 1. The third-order valence-corrected chi connectivity index (χ3v) is 5.35. The Bertz CT molecular complexity index is 739. The Morgan fingerprint density at radius 3 is 2.68 bits per heavy atom. The molecule has 1 aliphatic heterocycles. The van der Waals surface area contributed by atoms with Crippen LogP contribution in [0.4, 0.5) is 0 Å². The van der Waals surface area contributed by atoms with Gasteiger partial charge in [-0.05, 0) is 24.0 Å². The summed E-state index contributed by atoms with van der Waals surface area (Å²) < 4.78 is 5.49. The number of morpholine rings is 1. The number of aromatic nitrogens is 1. The van der Waals surface area contributed by atoms with Gasteiger partial charge in [-0.2, -0.15) is 0 Å². The Labute approximate surface area is 185 Å². The lowest BCUT2D eigenvalue weighted by Gasteiger charge is -2.37. The summed E-state index contributed by atoms with van der Waals surface area (Å²) >= 11 is 0. The van der Waals surface area contributed by atoms with Crippen LogP contribution in [0.25, 0.3) is 10.9 Å². The Balaban J connectivity index is 0.00000280. The lowest BCUT2D eigenvalue weighted by molar-refractivity contribution is 0.00752. The molecule has 28 heavy (non-hydrogen) atoms. The van der Waals surface area contributed by atoms with E-state index < -0.39 is 0 Å². The van der Waals surface area contributed by atoms with Crippen LogP contribution in [0.15, 0.2) is 35.5 Å². The van der Waals surface area contributed by atoms with Crippen LogP contribution in [-0.4, -0.2) is 68.3 Å².